The molecule has 0 amide bonds. The second-order valence-electron chi connectivity index (χ2n) is 3.66. The number of aromatic nitrogens is 3. The fraction of sp³-hybridized carbons (Fsp3) is 0.700. The highest BCUT2D eigenvalue weighted by atomic mass is 16.5. The number of unbranched alkanes of at least 4 members (excludes halogenated alkanes) is 3. The standard InChI is InChI=1S/C10H18N4O3/c11-10-12-8-14(13-10)7-9(16)17-6-4-2-1-3-5-15/h8,15H,1-7H2,(H2,11,13). The van der Waals surface area contributed by atoms with E-state index >= 15 is 0 Å². The molecular weight excluding hydrogens is 224 g/mol. The molecule has 1 rings (SSSR count). The minimum Gasteiger partial charge on any atom is -0.464 e. The van der Waals surface area contributed by atoms with E-state index in [-0.39, 0.29) is 25.1 Å². The average Bonchev–Trinajstić information content (AvgIpc) is 2.69. The lowest BCUT2D eigenvalue weighted by molar-refractivity contribution is -0.144. The maximum absolute atomic E-state index is 11.3. The van der Waals surface area contributed by atoms with Crippen molar-refractivity contribution in [1.29, 1.82) is 0 Å². The molecule has 1 aromatic rings. The van der Waals surface area contributed by atoms with E-state index in [1.165, 1.54) is 11.0 Å². The molecule has 0 spiro atoms. The summed E-state index contributed by atoms with van der Waals surface area (Å²) in [6, 6.07) is 0. The van der Waals surface area contributed by atoms with Gasteiger partial charge in [-0.3, -0.25) is 4.79 Å². The van der Waals surface area contributed by atoms with E-state index in [9.17, 15) is 4.79 Å². The number of anilines is 1. The number of esters is 1. The summed E-state index contributed by atoms with van der Waals surface area (Å²) < 4.78 is 6.34. The van der Waals surface area contributed by atoms with Crippen LogP contribution < -0.4 is 5.73 Å². The number of hydrogen-bond donors (Lipinski definition) is 2. The molecule has 17 heavy (non-hydrogen) atoms. The van der Waals surface area contributed by atoms with Crippen LogP contribution in [0.2, 0.25) is 0 Å². The van der Waals surface area contributed by atoms with E-state index in [1.807, 2.05) is 0 Å². The fourth-order valence-electron chi connectivity index (χ4n) is 1.32. The van der Waals surface area contributed by atoms with E-state index in [4.69, 9.17) is 15.6 Å². The number of hydrogen-bond acceptors (Lipinski definition) is 6. The number of nitrogens with zero attached hydrogens (tertiary/aromatic N) is 3. The molecule has 0 aliphatic carbocycles. The molecule has 1 heterocycles. The van der Waals surface area contributed by atoms with Crippen LogP contribution in [0.3, 0.4) is 0 Å². The van der Waals surface area contributed by atoms with Crippen molar-refractivity contribution in [3.63, 3.8) is 0 Å². The number of aliphatic hydroxyl groups is 1. The first-order valence-electron chi connectivity index (χ1n) is 5.64. The van der Waals surface area contributed by atoms with Crippen LogP contribution in [0.25, 0.3) is 0 Å². The van der Waals surface area contributed by atoms with Gasteiger partial charge in [0.2, 0.25) is 5.95 Å². The van der Waals surface area contributed by atoms with E-state index < -0.39 is 0 Å². The number of carbonyl (C=O) groups is 1. The highest BCUT2D eigenvalue weighted by Crippen LogP contribution is 2.00. The third-order valence-corrected chi connectivity index (χ3v) is 2.16. The fourth-order valence-corrected chi connectivity index (χ4v) is 1.32. The van der Waals surface area contributed by atoms with Gasteiger partial charge in [-0.05, 0) is 19.3 Å². The second-order valence-corrected chi connectivity index (χ2v) is 3.66. The van der Waals surface area contributed by atoms with E-state index in [1.54, 1.807) is 0 Å². The van der Waals surface area contributed by atoms with Crippen LogP contribution in [-0.2, 0) is 16.1 Å². The van der Waals surface area contributed by atoms with Crippen LogP contribution >= 0.6 is 0 Å². The molecule has 1 aromatic heterocycles. The van der Waals surface area contributed by atoms with Gasteiger partial charge in [-0.2, -0.15) is 0 Å². The summed E-state index contributed by atoms with van der Waals surface area (Å²) in [7, 11) is 0. The van der Waals surface area contributed by atoms with Gasteiger partial charge in [-0.15, -0.1) is 5.10 Å². The van der Waals surface area contributed by atoms with Gasteiger partial charge in [0.1, 0.15) is 12.9 Å². The molecule has 0 atom stereocenters. The van der Waals surface area contributed by atoms with Gasteiger partial charge < -0.3 is 15.6 Å². The average molecular weight is 242 g/mol. The van der Waals surface area contributed by atoms with Gasteiger partial charge in [0.05, 0.1) is 6.61 Å². The third-order valence-electron chi connectivity index (χ3n) is 2.16. The Hall–Kier alpha value is -1.63. The largest absolute Gasteiger partial charge is 0.464 e. The zero-order chi connectivity index (χ0) is 12.5. The summed E-state index contributed by atoms with van der Waals surface area (Å²) in [6.45, 7) is 0.642. The van der Waals surface area contributed by atoms with Crippen LogP contribution in [0.4, 0.5) is 5.95 Å². The zero-order valence-corrected chi connectivity index (χ0v) is 9.71. The lowest BCUT2D eigenvalue weighted by atomic mass is 10.2. The Morgan fingerprint density at radius 3 is 2.82 bits per heavy atom. The Labute approximate surface area is 99.6 Å². The van der Waals surface area contributed by atoms with Crippen LogP contribution in [0.1, 0.15) is 25.7 Å². The number of nitrogens with two attached hydrogens (primary N) is 1. The topological polar surface area (TPSA) is 103 Å². The SMILES string of the molecule is Nc1ncn(CC(=O)OCCCCCCO)n1. The Morgan fingerprint density at radius 1 is 1.41 bits per heavy atom. The molecule has 7 heteroatoms. The van der Waals surface area contributed by atoms with Gasteiger partial charge in [-0.25, -0.2) is 9.67 Å². The summed E-state index contributed by atoms with van der Waals surface area (Å²) in [4.78, 5) is 15.0. The number of rotatable bonds is 8. The van der Waals surface area contributed by atoms with Crippen LogP contribution in [0, 0.1) is 0 Å². The Balaban J connectivity index is 2.05. The van der Waals surface area contributed by atoms with Crippen LogP contribution in [0.15, 0.2) is 6.33 Å². The Morgan fingerprint density at radius 2 is 2.18 bits per heavy atom. The Kier molecular flexibility index (Phi) is 6.02. The van der Waals surface area contributed by atoms with E-state index in [2.05, 4.69) is 10.1 Å². The van der Waals surface area contributed by atoms with Gasteiger partial charge >= 0.3 is 5.97 Å². The summed E-state index contributed by atoms with van der Waals surface area (Å²) in [5.41, 5.74) is 5.31. The first kappa shape index (κ1) is 13.4. The summed E-state index contributed by atoms with van der Waals surface area (Å²) in [6.07, 6.45) is 4.90. The van der Waals surface area contributed by atoms with Crippen molar-refractivity contribution in [3.05, 3.63) is 6.33 Å². The molecule has 0 radical (unpaired) electrons. The van der Waals surface area contributed by atoms with Crippen molar-refractivity contribution in [1.82, 2.24) is 14.8 Å². The molecular formula is C10H18N4O3. The Bertz CT molecular complexity index is 340. The second kappa shape index (κ2) is 7.61. The maximum Gasteiger partial charge on any atom is 0.327 e. The van der Waals surface area contributed by atoms with Crippen molar-refractivity contribution in [2.75, 3.05) is 18.9 Å². The molecule has 0 saturated carbocycles. The lowest BCUT2D eigenvalue weighted by Gasteiger charge is -2.04. The van der Waals surface area contributed by atoms with Crippen LogP contribution in [0.5, 0.6) is 0 Å². The van der Waals surface area contributed by atoms with Gasteiger partial charge in [-0.1, -0.05) is 6.42 Å². The van der Waals surface area contributed by atoms with E-state index in [0.29, 0.717) is 6.61 Å². The normalized spacial score (nSPS) is 10.4. The lowest BCUT2D eigenvalue weighted by Crippen LogP contribution is -2.14. The zero-order valence-electron chi connectivity index (χ0n) is 9.71. The minimum absolute atomic E-state index is 0.0286. The molecule has 96 valence electrons. The molecule has 0 aliphatic rings. The quantitative estimate of drug-likeness (QED) is 0.489. The monoisotopic (exact) mass is 242 g/mol. The van der Waals surface area contributed by atoms with Crippen molar-refractivity contribution >= 4 is 11.9 Å². The minimum atomic E-state index is -0.350. The smallest absolute Gasteiger partial charge is 0.327 e. The first-order valence-corrected chi connectivity index (χ1v) is 5.64. The summed E-state index contributed by atoms with van der Waals surface area (Å²) in [5, 5.41) is 12.3. The molecule has 0 bridgehead atoms. The van der Waals surface area contributed by atoms with Gasteiger partial charge in [0.25, 0.3) is 0 Å². The first-order chi connectivity index (χ1) is 8.22. The van der Waals surface area contributed by atoms with Gasteiger partial charge in [0.15, 0.2) is 0 Å². The summed E-state index contributed by atoms with van der Waals surface area (Å²) >= 11 is 0. The molecule has 3 N–H and O–H groups in total. The number of nitrogen functional groups attached to an aromatic ring is 1. The van der Waals surface area contributed by atoms with Crippen molar-refractivity contribution in [2.24, 2.45) is 0 Å². The van der Waals surface area contributed by atoms with Crippen molar-refractivity contribution < 1.29 is 14.6 Å². The molecule has 7 nitrogen and oxygen atoms in total. The van der Waals surface area contributed by atoms with Crippen molar-refractivity contribution in [3.8, 4) is 0 Å². The molecule has 0 aromatic carbocycles. The third kappa shape index (κ3) is 5.86. The number of aliphatic hydroxyl groups excluding tert-OH is 1. The highest BCUT2D eigenvalue weighted by Gasteiger charge is 2.05. The molecule has 0 saturated heterocycles. The van der Waals surface area contributed by atoms with E-state index in [0.717, 1.165) is 25.7 Å². The number of carbonyl (C=O) groups excluding carboxylic acids is 1. The highest BCUT2D eigenvalue weighted by molar-refractivity contribution is 5.68. The van der Waals surface area contributed by atoms with Gasteiger partial charge in [0, 0.05) is 6.61 Å². The summed E-state index contributed by atoms with van der Waals surface area (Å²) in [5.74, 6) is -0.209. The molecule has 0 unspecified atom stereocenters. The molecule has 0 aliphatic heterocycles. The predicted molar refractivity (Wildman–Crippen MR) is 60.9 cm³/mol. The van der Waals surface area contributed by atoms with Crippen LogP contribution in [-0.4, -0.2) is 39.1 Å². The molecule has 0 fully saturated rings. The predicted octanol–water partition coefficient (Wildman–Crippen LogP) is -0.0438. The maximum atomic E-state index is 11.3. The van der Waals surface area contributed by atoms with Crippen molar-refractivity contribution in [2.45, 2.75) is 32.2 Å². The number of ether oxygens (including phenoxy) is 1.